The molecule has 0 saturated carbocycles. The number of carbonyl (C=O) groups is 2. The number of pyridine rings is 1. The summed E-state index contributed by atoms with van der Waals surface area (Å²) in [5.74, 6) is -1.24. The number of carbonyl (C=O) groups excluding carboxylic acids is 2. The van der Waals surface area contributed by atoms with E-state index in [1.165, 1.54) is 12.0 Å². The number of Topliss-reactive ketones (excluding diaryl/α,β-unsaturated/α-hetero) is 1. The Morgan fingerprint density at radius 1 is 1.23 bits per heavy atom. The van der Waals surface area contributed by atoms with E-state index >= 15 is 0 Å². The number of aliphatic hydroxyl groups excluding tert-OH is 1. The molecule has 2 aromatic rings. The van der Waals surface area contributed by atoms with Crippen molar-refractivity contribution in [1.82, 2.24) is 14.8 Å². The van der Waals surface area contributed by atoms with E-state index in [0.29, 0.717) is 34.9 Å². The summed E-state index contributed by atoms with van der Waals surface area (Å²) in [6.45, 7) is 1.15. The normalized spacial score (nSPS) is 18.3. The highest BCUT2D eigenvalue weighted by molar-refractivity contribution is 6.46. The SMILES string of the molecule is COc1cc(/C(O)=C2/C(=O)C(=O)N(CCCN(C)C)C2c2ccncc2)ccc1Cl. The summed E-state index contributed by atoms with van der Waals surface area (Å²) in [6, 6.07) is 7.49. The highest BCUT2D eigenvalue weighted by Gasteiger charge is 2.45. The zero-order chi connectivity index (χ0) is 21.8. The number of halogens is 1. The van der Waals surface area contributed by atoms with Crippen LogP contribution in [0.3, 0.4) is 0 Å². The fourth-order valence-electron chi connectivity index (χ4n) is 3.52. The number of methoxy groups -OCH3 is 1. The van der Waals surface area contributed by atoms with Crippen LogP contribution < -0.4 is 4.74 Å². The third kappa shape index (κ3) is 4.32. The minimum Gasteiger partial charge on any atom is -0.507 e. The molecule has 0 spiro atoms. The van der Waals surface area contributed by atoms with Gasteiger partial charge in [-0.2, -0.15) is 0 Å². The van der Waals surface area contributed by atoms with E-state index in [9.17, 15) is 14.7 Å². The van der Waals surface area contributed by atoms with Gasteiger partial charge in [0.1, 0.15) is 11.5 Å². The molecular weight excluding hydrogens is 406 g/mol. The highest BCUT2D eigenvalue weighted by Crippen LogP contribution is 2.40. The summed E-state index contributed by atoms with van der Waals surface area (Å²) in [5, 5.41) is 11.4. The fourth-order valence-corrected chi connectivity index (χ4v) is 3.72. The van der Waals surface area contributed by atoms with Gasteiger partial charge in [0, 0.05) is 24.5 Å². The summed E-state index contributed by atoms with van der Waals surface area (Å²) in [6.07, 6.45) is 3.89. The summed E-state index contributed by atoms with van der Waals surface area (Å²) in [7, 11) is 5.36. The molecule has 1 fully saturated rings. The lowest BCUT2D eigenvalue weighted by Gasteiger charge is -2.25. The number of aromatic nitrogens is 1. The molecule has 1 N–H and O–H groups in total. The van der Waals surface area contributed by atoms with Gasteiger partial charge in [-0.05, 0) is 63.0 Å². The van der Waals surface area contributed by atoms with Crippen LogP contribution in [0.1, 0.15) is 23.6 Å². The lowest BCUT2D eigenvalue weighted by atomic mass is 9.96. The molecule has 2 heterocycles. The number of hydrogen-bond acceptors (Lipinski definition) is 6. The standard InChI is InChI=1S/C22H24ClN3O4/c1-25(2)11-4-12-26-19(14-7-9-24-10-8-14)18(21(28)22(26)29)20(27)15-5-6-16(23)17(13-15)30-3/h5-10,13,19,27H,4,11-12H2,1-3H3/b20-18-. The van der Waals surface area contributed by atoms with Crippen LogP contribution >= 0.6 is 11.6 Å². The maximum atomic E-state index is 12.9. The molecular formula is C22H24ClN3O4. The van der Waals surface area contributed by atoms with Crippen LogP contribution in [0.15, 0.2) is 48.3 Å². The van der Waals surface area contributed by atoms with Crippen LogP contribution in [0.25, 0.3) is 5.76 Å². The largest absolute Gasteiger partial charge is 0.507 e. The Hall–Kier alpha value is -2.90. The lowest BCUT2D eigenvalue weighted by molar-refractivity contribution is -0.139. The Morgan fingerprint density at radius 3 is 2.57 bits per heavy atom. The zero-order valence-corrected chi connectivity index (χ0v) is 17.9. The van der Waals surface area contributed by atoms with Gasteiger partial charge in [-0.25, -0.2) is 0 Å². The second-order valence-electron chi connectivity index (χ2n) is 7.28. The van der Waals surface area contributed by atoms with E-state index in [0.717, 1.165) is 6.54 Å². The highest BCUT2D eigenvalue weighted by atomic mass is 35.5. The van der Waals surface area contributed by atoms with Crippen molar-refractivity contribution in [2.75, 3.05) is 34.3 Å². The average Bonchev–Trinajstić information content (AvgIpc) is 2.99. The van der Waals surface area contributed by atoms with E-state index < -0.39 is 17.7 Å². The Labute approximate surface area is 180 Å². The maximum Gasteiger partial charge on any atom is 0.295 e. The average molecular weight is 430 g/mol. The summed E-state index contributed by atoms with van der Waals surface area (Å²) >= 11 is 6.08. The smallest absolute Gasteiger partial charge is 0.295 e. The van der Waals surface area contributed by atoms with Crippen molar-refractivity contribution in [2.24, 2.45) is 0 Å². The third-order valence-electron chi connectivity index (χ3n) is 4.99. The molecule has 1 aliphatic rings. The first-order valence-electron chi connectivity index (χ1n) is 9.52. The number of likely N-dealkylation sites (tertiary alicyclic amines) is 1. The van der Waals surface area contributed by atoms with Gasteiger partial charge in [-0.3, -0.25) is 14.6 Å². The first kappa shape index (κ1) is 21.8. The van der Waals surface area contributed by atoms with Crippen LogP contribution in [0.5, 0.6) is 5.75 Å². The van der Waals surface area contributed by atoms with Crippen LogP contribution in [-0.4, -0.2) is 65.9 Å². The van der Waals surface area contributed by atoms with Crippen molar-refractivity contribution >= 4 is 29.1 Å². The first-order chi connectivity index (χ1) is 14.3. The molecule has 1 aromatic heterocycles. The molecule has 1 unspecified atom stereocenters. The molecule has 0 bridgehead atoms. The van der Waals surface area contributed by atoms with Gasteiger partial charge in [-0.1, -0.05) is 11.6 Å². The van der Waals surface area contributed by atoms with Gasteiger partial charge in [0.15, 0.2) is 0 Å². The Bertz CT molecular complexity index is 976. The molecule has 30 heavy (non-hydrogen) atoms. The number of nitrogens with zero attached hydrogens (tertiary/aromatic N) is 3. The molecule has 0 aliphatic carbocycles. The Kier molecular flexibility index (Phi) is 6.74. The zero-order valence-electron chi connectivity index (χ0n) is 17.1. The fraction of sp³-hybridized carbons (Fsp3) is 0.318. The van der Waals surface area contributed by atoms with E-state index in [-0.39, 0.29) is 11.3 Å². The van der Waals surface area contributed by atoms with Crippen LogP contribution in [0.4, 0.5) is 0 Å². The van der Waals surface area contributed by atoms with Gasteiger partial charge in [-0.15, -0.1) is 0 Å². The van der Waals surface area contributed by atoms with E-state index in [1.54, 1.807) is 42.7 Å². The van der Waals surface area contributed by atoms with Crippen molar-refractivity contribution in [2.45, 2.75) is 12.5 Å². The summed E-state index contributed by atoms with van der Waals surface area (Å²) in [4.78, 5) is 33.3. The molecule has 8 heteroatoms. The molecule has 7 nitrogen and oxygen atoms in total. The number of benzene rings is 1. The van der Waals surface area contributed by atoms with Gasteiger partial charge in [0.2, 0.25) is 0 Å². The number of amides is 1. The molecule has 3 rings (SSSR count). The lowest BCUT2D eigenvalue weighted by Crippen LogP contribution is -2.32. The topological polar surface area (TPSA) is 83.0 Å². The molecule has 1 amide bonds. The minimum atomic E-state index is -0.715. The summed E-state index contributed by atoms with van der Waals surface area (Å²) < 4.78 is 5.21. The Balaban J connectivity index is 2.09. The van der Waals surface area contributed by atoms with Gasteiger partial charge in [0.25, 0.3) is 11.7 Å². The van der Waals surface area contributed by atoms with Crippen LogP contribution in [0.2, 0.25) is 5.02 Å². The second kappa shape index (κ2) is 9.28. The van der Waals surface area contributed by atoms with Crippen LogP contribution in [0, 0.1) is 0 Å². The molecule has 158 valence electrons. The van der Waals surface area contributed by atoms with Crippen molar-refractivity contribution in [1.29, 1.82) is 0 Å². The second-order valence-corrected chi connectivity index (χ2v) is 7.69. The van der Waals surface area contributed by atoms with Crippen molar-refractivity contribution in [3.63, 3.8) is 0 Å². The van der Waals surface area contributed by atoms with E-state index in [2.05, 4.69) is 4.98 Å². The molecule has 1 atom stereocenters. The predicted octanol–water partition coefficient (Wildman–Crippen LogP) is 3.12. The van der Waals surface area contributed by atoms with Crippen LogP contribution in [-0.2, 0) is 9.59 Å². The maximum absolute atomic E-state index is 12.9. The quantitative estimate of drug-likeness (QED) is 0.413. The van der Waals surface area contributed by atoms with E-state index in [4.69, 9.17) is 16.3 Å². The number of rotatable bonds is 7. The predicted molar refractivity (Wildman–Crippen MR) is 114 cm³/mol. The molecule has 1 saturated heterocycles. The molecule has 0 radical (unpaired) electrons. The number of aliphatic hydroxyl groups is 1. The molecule has 1 aliphatic heterocycles. The number of hydrogen-bond donors (Lipinski definition) is 1. The van der Waals surface area contributed by atoms with Gasteiger partial charge in [0.05, 0.1) is 23.7 Å². The monoisotopic (exact) mass is 429 g/mol. The number of ketones is 1. The summed E-state index contributed by atoms with van der Waals surface area (Å²) in [5.41, 5.74) is 1.10. The van der Waals surface area contributed by atoms with Crippen molar-refractivity contribution < 1.29 is 19.4 Å². The van der Waals surface area contributed by atoms with Gasteiger partial charge >= 0.3 is 0 Å². The Morgan fingerprint density at radius 2 is 1.93 bits per heavy atom. The van der Waals surface area contributed by atoms with E-state index in [1.807, 2.05) is 19.0 Å². The first-order valence-corrected chi connectivity index (χ1v) is 9.90. The third-order valence-corrected chi connectivity index (χ3v) is 5.30. The van der Waals surface area contributed by atoms with Crippen molar-refractivity contribution in [3.8, 4) is 5.75 Å². The molecule has 1 aromatic carbocycles. The minimum absolute atomic E-state index is 0.0421. The van der Waals surface area contributed by atoms with Gasteiger partial charge < -0.3 is 19.6 Å². The number of ether oxygens (including phenoxy) is 1. The van der Waals surface area contributed by atoms with Crippen molar-refractivity contribution in [3.05, 3.63) is 64.4 Å².